The maximum Gasteiger partial charge on any atom is 0.410 e. The number of amides is 3. The average Bonchev–Trinajstić information content (AvgIpc) is 3.51. The second-order valence-electron chi connectivity index (χ2n) is 11.4. The molecule has 3 aromatic rings. The summed E-state index contributed by atoms with van der Waals surface area (Å²) in [6.45, 7) is -0.646. The zero-order valence-electron chi connectivity index (χ0n) is 23.3. The zero-order valence-corrected chi connectivity index (χ0v) is 24.0. The fourth-order valence-corrected chi connectivity index (χ4v) is 6.77. The van der Waals surface area contributed by atoms with Gasteiger partial charge in [0.15, 0.2) is 10.8 Å². The molecule has 2 aromatic heterocycles. The molecule has 3 amide bonds. The maximum atomic E-state index is 15.2. The van der Waals surface area contributed by atoms with Crippen LogP contribution >= 0.6 is 11.6 Å². The van der Waals surface area contributed by atoms with Crippen LogP contribution in [-0.4, -0.2) is 76.6 Å². The van der Waals surface area contributed by atoms with Gasteiger partial charge in [-0.25, -0.2) is 27.9 Å². The lowest BCUT2D eigenvalue weighted by Gasteiger charge is -2.27. The first-order chi connectivity index (χ1) is 20.8. The van der Waals surface area contributed by atoms with Crippen molar-refractivity contribution in [2.75, 3.05) is 26.9 Å². The van der Waals surface area contributed by atoms with Crippen LogP contribution in [0.4, 0.5) is 31.5 Å². The number of ether oxygens (including phenoxy) is 2. The van der Waals surface area contributed by atoms with E-state index in [0.29, 0.717) is 0 Å². The first-order valence-corrected chi connectivity index (χ1v) is 14.2. The zero-order chi connectivity index (χ0) is 31.4. The normalized spacial score (nSPS) is 26.4. The van der Waals surface area contributed by atoms with Gasteiger partial charge < -0.3 is 25.0 Å². The molecule has 2 aliphatic carbocycles. The first-order valence-electron chi connectivity index (χ1n) is 13.9. The smallest absolute Gasteiger partial charge is 0.410 e. The van der Waals surface area contributed by atoms with Crippen molar-refractivity contribution in [1.82, 2.24) is 30.1 Å². The third-order valence-corrected chi connectivity index (χ3v) is 9.03. The summed E-state index contributed by atoms with van der Waals surface area (Å²) in [6.07, 6.45) is -3.78. The van der Waals surface area contributed by atoms with Gasteiger partial charge in [0, 0.05) is 25.1 Å². The number of halogens is 6. The van der Waals surface area contributed by atoms with Gasteiger partial charge in [0.05, 0.1) is 43.1 Å². The number of carbonyl (C=O) groups excluding carboxylic acids is 2. The van der Waals surface area contributed by atoms with Crippen LogP contribution in [0.15, 0.2) is 42.6 Å². The number of nitrogens with one attached hydrogen (secondary N) is 2. The predicted molar refractivity (Wildman–Crippen MR) is 145 cm³/mol. The van der Waals surface area contributed by atoms with E-state index >= 15 is 8.78 Å². The largest absolute Gasteiger partial charge is 0.449 e. The molecule has 1 aliphatic heterocycles. The molecule has 3 fully saturated rings. The van der Waals surface area contributed by atoms with Gasteiger partial charge in [-0.05, 0) is 30.4 Å². The molecule has 3 unspecified atom stereocenters. The topological polar surface area (TPSA) is 110 Å². The van der Waals surface area contributed by atoms with Crippen LogP contribution in [0, 0.1) is 11.8 Å². The summed E-state index contributed by atoms with van der Waals surface area (Å²) in [5, 5.41) is 8.62. The number of fused-ring (bicyclic) bond motifs is 2. The van der Waals surface area contributed by atoms with Crippen molar-refractivity contribution in [1.29, 1.82) is 0 Å². The highest BCUT2D eigenvalue weighted by Gasteiger charge is 2.84. The van der Waals surface area contributed by atoms with Gasteiger partial charge in [-0.1, -0.05) is 41.9 Å². The van der Waals surface area contributed by atoms with E-state index in [4.69, 9.17) is 21.1 Å². The maximum absolute atomic E-state index is 15.2. The number of rotatable bonds is 9. The van der Waals surface area contributed by atoms with Crippen molar-refractivity contribution in [2.24, 2.45) is 11.8 Å². The van der Waals surface area contributed by atoms with Crippen molar-refractivity contribution in [3.05, 3.63) is 64.6 Å². The summed E-state index contributed by atoms with van der Waals surface area (Å²) >= 11 is 6.42. The molecule has 0 radical (unpaired) electrons. The highest BCUT2D eigenvalue weighted by atomic mass is 35.5. The van der Waals surface area contributed by atoms with Crippen LogP contribution in [0.1, 0.15) is 35.7 Å². The second kappa shape index (κ2) is 11.0. The number of aromatic nitrogens is 3. The van der Waals surface area contributed by atoms with E-state index in [-0.39, 0.29) is 60.6 Å². The van der Waals surface area contributed by atoms with Gasteiger partial charge in [0.2, 0.25) is 0 Å². The third kappa shape index (κ3) is 5.19. The quantitative estimate of drug-likeness (QED) is 0.323. The van der Waals surface area contributed by atoms with Crippen LogP contribution < -0.4 is 10.6 Å². The Balaban J connectivity index is 1.18. The number of hydrogen-bond donors (Lipinski definition) is 2. The number of hydrogen-bond acceptors (Lipinski definition) is 6. The number of carbonyl (C=O) groups is 2. The van der Waals surface area contributed by atoms with E-state index in [1.807, 2.05) is 35.6 Å². The number of benzene rings is 1. The summed E-state index contributed by atoms with van der Waals surface area (Å²) in [7, 11) is 1.32. The molecule has 5 atom stereocenters. The molecule has 2 N–H and O–H groups in total. The second-order valence-corrected chi connectivity index (χ2v) is 11.7. The Morgan fingerprint density at radius 2 is 2.02 bits per heavy atom. The molecule has 6 rings (SSSR count). The number of imidazole rings is 1. The SMILES string of the molecule is COC[C@H](c1cc2nc(C34CC(COC(=O)NCc5ccccc5)CC3C4(F)F)cn2nc1Cl)N1C[C@@H](C(F)(F)F)NC1=O. The molecule has 2 saturated carbocycles. The van der Waals surface area contributed by atoms with Crippen molar-refractivity contribution in [2.45, 2.75) is 49.0 Å². The Morgan fingerprint density at radius 3 is 2.70 bits per heavy atom. The fraction of sp³-hybridized carbons (Fsp3) is 0.500. The van der Waals surface area contributed by atoms with Crippen LogP contribution in [-0.2, 0) is 21.4 Å². The van der Waals surface area contributed by atoms with Crippen molar-refractivity contribution in [3.8, 4) is 0 Å². The Kier molecular flexibility index (Phi) is 7.59. The minimum absolute atomic E-state index is 0.0280. The number of alkyl carbamates (subject to hydrolysis) is 1. The molecule has 16 heteroatoms. The van der Waals surface area contributed by atoms with E-state index in [0.717, 1.165) is 10.5 Å². The van der Waals surface area contributed by atoms with Gasteiger partial charge in [-0.2, -0.15) is 18.3 Å². The number of urea groups is 1. The molecule has 3 aliphatic rings. The van der Waals surface area contributed by atoms with Gasteiger partial charge >= 0.3 is 18.3 Å². The molecule has 236 valence electrons. The van der Waals surface area contributed by atoms with Crippen LogP contribution in [0.25, 0.3) is 5.65 Å². The Bertz CT molecular complexity index is 1570. The monoisotopic (exact) mass is 642 g/mol. The van der Waals surface area contributed by atoms with E-state index < -0.39 is 54.2 Å². The van der Waals surface area contributed by atoms with Crippen molar-refractivity contribution < 1.29 is 41.0 Å². The summed E-state index contributed by atoms with van der Waals surface area (Å²) in [4.78, 5) is 30.1. The molecule has 1 saturated heterocycles. The minimum atomic E-state index is -4.66. The van der Waals surface area contributed by atoms with Crippen LogP contribution in [0.5, 0.6) is 0 Å². The molecule has 10 nitrogen and oxygen atoms in total. The van der Waals surface area contributed by atoms with E-state index in [9.17, 15) is 22.8 Å². The lowest BCUT2D eigenvalue weighted by molar-refractivity contribution is -0.150. The predicted octanol–water partition coefficient (Wildman–Crippen LogP) is 4.87. The highest BCUT2D eigenvalue weighted by molar-refractivity contribution is 6.30. The van der Waals surface area contributed by atoms with Crippen molar-refractivity contribution >= 4 is 29.4 Å². The third-order valence-electron chi connectivity index (χ3n) is 8.74. The Hall–Kier alpha value is -3.72. The van der Waals surface area contributed by atoms with E-state index in [1.165, 1.54) is 23.9 Å². The van der Waals surface area contributed by atoms with Gasteiger partial charge in [0.1, 0.15) is 6.04 Å². The van der Waals surface area contributed by atoms with Crippen molar-refractivity contribution in [3.63, 3.8) is 0 Å². The first kappa shape index (κ1) is 30.3. The Labute approximate surface area is 252 Å². The minimum Gasteiger partial charge on any atom is -0.449 e. The Morgan fingerprint density at radius 1 is 1.27 bits per heavy atom. The van der Waals surface area contributed by atoms with Gasteiger partial charge in [-0.15, -0.1) is 0 Å². The summed E-state index contributed by atoms with van der Waals surface area (Å²) in [6, 6.07) is 6.56. The highest BCUT2D eigenvalue weighted by Crippen LogP contribution is 2.75. The summed E-state index contributed by atoms with van der Waals surface area (Å²) in [5.41, 5.74) is -0.321. The standard InChI is InChI=1S/C28H28ClF5N6O4/c1-43-14-18(39-11-21(28(32,33)34)37-24(39)41)17-8-22-36-20(12-40(22)38-23(17)29)26-9-16(7-19(26)27(26,30)31)13-44-25(42)35-10-15-5-3-2-4-6-15/h2-6,8,12,16,18-19,21H,7,9-11,13-14H2,1H3,(H,35,42)(H,37,41)/t16?,18-,19?,21+,26?/m1/s1. The van der Waals surface area contributed by atoms with Gasteiger partial charge in [0.25, 0.3) is 5.92 Å². The molecule has 0 spiro atoms. The van der Waals surface area contributed by atoms with E-state index in [2.05, 4.69) is 15.4 Å². The number of alkyl halides is 5. The average molecular weight is 643 g/mol. The van der Waals surface area contributed by atoms with Crippen LogP contribution in [0.2, 0.25) is 5.15 Å². The lowest BCUT2D eigenvalue weighted by atomic mass is 9.94. The number of methoxy groups -OCH3 is 1. The van der Waals surface area contributed by atoms with Crippen LogP contribution in [0.3, 0.4) is 0 Å². The fourth-order valence-electron chi connectivity index (χ4n) is 6.51. The summed E-state index contributed by atoms with van der Waals surface area (Å²) < 4.78 is 82.0. The number of nitrogens with zero attached hydrogens (tertiary/aromatic N) is 4. The molecule has 3 heterocycles. The molecule has 44 heavy (non-hydrogen) atoms. The van der Waals surface area contributed by atoms with Gasteiger partial charge in [-0.3, -0.25) is 0 Å². The molecular weight excluding hydrogens is 615 g/mol. The molecule has 0 bridgehead atoms. The lowest BCUT2D eigenvalue weighted by Crippen LogP contribution is -2.40. The summed E-state index contributed by atoms with van der Waals surface area (Å²) in [5.74, 6) is -4.37. The van der Waals surface area contributed by atoms with E-state index in [1.54, 1.807) is 0 Å². The molecule has 1 aromatic carbocycles. The molecular formula is C28H28ClF5N6O4.